The Balaban J connectivity index is 2.09. The number of para-hydroxylation sites is 1. The van der Waals surface area contributed by atoms with Gasteiger partial charge in [0.15, 0.2) is 0 Å². The van der Waals surface area contributed by atoms with Crippen molar-refractivity contribution in [1.82, 2.24) is 15.3 Å². The van der Waals surface area contributed by atoms with Gasteiger partial charge in [-0.2, -0.15) is 0 Å². The average Bonchev–Trinajstić information content (AvgIpc) is 2.88. The molecule has 0 amide bonds. The van der Waals surface area contributed by atoms with Crippen molar-refractivity contribution in [2.45, 2.75) is 19.5 Å². The fraction of sp³-hybridized carbons (Fsp3) is 0.263. The monoisotopic (exact) mass is 292 g/mol. The highest BCUT2D eigenvalue weighted by atomic mass is 15.4. The molecule has 112 valence electrons. The molecular weight excluding hydrogens is 270 g/mol. The van der Waals surface area contributed by atoms with Crippen LogP contribution in [-0.4, -0.2) is 20.1 Å². The highest BCUT2D eigenvalue weighted by molar-refractivity contribution is 5.97. The molecule has 2 aliphatic rings. The van der Waals surface area contributed by atoms with Crippen LogP contribution >= 0.6 is 0 Å². The van der Waals surface area contributed by atoms with Gasteiger partial charge in [0.25, 0.3) is 0 Å². The normalized spacial score (nSPS) is 22.0. The van der Waals surface area contributed by atoms with Crippen molar-refractivity contribution in [3.8, 4) is 0 Å². The molecule has 1 atom stereocenters. The maximum atomic E-state index is 3.43. The minimum atomic E-state index is 0.304. The van der Waals surface area contributed by atoms with Crippen molar-refractivity contribution in [2.24, 2.45) is 0 Å². The molecule has 4 rings (SSSR count). The molecule has 2 aromatic carbocycles. The van der Waals surface area contributed by atoms with Crippen LogP contribution in [0.15, 0.2) is 48.5 Å². The summed E-state index contributed by atoms with van der Waals surface area (Å²) in [6.45, 7) is 3.22. The smallest absolute Gasteiger partial charge is 0.142 e. The van der Waals surface area contributed by atoms with Crippen LogP contribution in [0.2, 0.25) is 0 Å². The van der Waals surface area contributed by atoms with Crippen molar-refractivity contribution in [3.63, 3.8) is 0 Å². The van der Waals surface area contributed by atoms with Gasteiger partial charge in [-0.25, -0.2) is 5.43 Å². The molecule has 22 heavy (non-hydrogen) atoms. The Bertz CT molecular complexity index is 774. The van der Waals surface area contributed by atoms with Gasteiger partial charge in [0.2, 0.25) is 0 Å². The predicted octanol–water partition coefficient (Wildman–Crippen LogP) is 3.13. The van der Waals surface area contributed by atoms with E-state index in [0.29, 0.717) is 6.04 Å². The Morgan fingerprint density at radius 2 is 1.64 bits per heavy atom. The van der Waals surface area contributed by atoms with Crippen LogP contribution in [0, 0.1) is 0 Å². The third kappa shape index (κ3) is 1.90. The van der Waals surface area contributed by atoms with Crippen LogP contribution in [0.25, 0.3) is 11.3 Å². The molecule has 0 saturated carbocycles. The molecule has 0 aliphatic carbocycles. The van der Waals surface area contributed by atoms with Crippen molar-refractivity contribution in [3.05, 3.63) is 65.2 Å². The summed E-state index contributed by atoms with van der Waals surface area (Å²) in [6, 6.07) is 17.8. The van der Waals surface area contributed by atoms with E-state index in [2.05, 4.69) is 80.4 Å². The Labute approximate surface area is 131 Å². The Morgan fingerprint density at radius 1 is 0.955 bits per heavy atom. The molecule has 2 heterocycles. The summed E-state index contributed by atoms with van der Waals surface area (Å²) in [5.41, 5.74) is 14.9. The second kappa shape index (κ2) is 4.70. The van der Waals surface area contributed by atoms with Crippen LogP contribution in [0.3, 0.4) is 0 Å². The molecule has 0 saturated heterocycles. The van der Waals surface area contributed by atoms with Crippen LogP contribution in [0.1, 0.15) is 23.6 Å². The molecule has 0 aromatic heterocycles. The van der Waals surface area contributed by atoms with Gasteiger partial charge in [-0.3, -0.25) is 4.48 Å². The predicted molar refractivity (Wildman–Crippen MR) is 92.8 cm³/mol. The molecule has 2 N–H and O–H groups in total. The standard InChI is InChI=1S/C19H22N3/c1-13-18-15-9-5-4-8-14(15)12-22(2,3)17-11-7-6-10-16(17)19(18)21-20-13/h4-11,13,20-21H,12H2,1-3H3/q+1. The number of hydrazine groups is 1. The van der Waals surface area contributed by atoms with Gasteiger partial charge < -0.3 is 5.43 Å². The summed E-state index contributed by atoms with van der Waals surface area (Å²) in [5.74, 6) is 0. The molecular formula is C19H22N3+. The lowest BCUT2D eigenvalue weighted by Crippen LogP contribution is -2.41. The number of hydrogen-bond acceptors (Lipinski definition) is 2. The number of hydrogen-bond donors (Lipinski definition) is 2. The highest BCUT2D eigenvalue weighted by Crippen LogP contribution is 2.40. The summed E-state index contributed by atoms with van der Waals surface area (Å²) in [6.07, 6.45) is 0. The number of nitrogens with zero attached hydrogens (tertiary/aromatic N) is 1. The first-order chi connectivity index (χ1) is 10.6. The first-order valence-electron chi connectivity index (χ1n) is 7.85. The molecule has 0 bridgehead atoms. The molecule has 0 fully saturated rings. The van der Waals surface area contributed by atoms with Crippen LogP contribution in [0.5, 0.6) is 0 Å². The number of quaternary nitrogens is 1. The molecule has 0 radical (unpaired) electrons. The Kier molecular flexibility index (Phi) is 2.90. The fourth-order valence-corrected chi connectivity index (χ4v) is 3.76. The lowest BCUT2D eigenvalue weighted by molar-refractivity contribution is 0.390. The van der Waals surface area contributed by atoms with E-state index in [1.807, 2.05) is 0 Å². The minimum absolute atomic E-state index is 0.304. The van der Waals surface area contributed by atoms with E-state index in [1.165, 1.54) is 33.6 Å². The molecule has 3 nitrogen and oxygen atoms in total. The fourth-order valence-electron chi connectivity index (χ4n) is 3.76. The van der Waals surface area contributed by atoms with Gasteiger partial charge in [0.1, 0.15) is 12.2 Å². The molecule has 3 heteroatoms. The Hall–Kier alpha value is -2.10. The molecule has 2 aromatic rings. The maximum absolute atomic E-state index is 3.43. The van der Waals surface area contributed by atoms with E-state index in [-0.39, 0.29) is 0 Å². The molecule has 1 unspecified atom stereocenters. The maximum Gasteiger partial charge on any atom is 0.142 e. The quantitative estimate of drug-likeness (QED) is 0.729. The van der Waals surface area contributed by atoms with Crippen LogP contribution in [0.4, 0.5) is 5.69 Å². The largest absolute Gasteiger partial charge is 0.320 e. The second-order valence-corrected chi connectivity index (χ2v) is 6.80. The van der Waals surface area contributed by atoms with Crippen molar-refractivity contribution >= 4 is 17.0 Å². The summed E-state index contributed by atoms with van der Waals surface area (Å²) in [4.78, 5) is 0. The summed E-state index contributed by atoms with van der Waals surface area (Å²) in [5, 5.41) is 0. The summed E-state index contributed by atoms with van der Waals surface area (Å²) >= 11 is 0. The van der Waals surface area contributed by atoms with E-state index in [0.717, 1.165) is 11.0 Å². The SMILES string of the molecule is CC1NNC2=C1c1ccccc1C[N+](C)(C)c1ccccc12. The van der Waals surface area contributed by atoms with Gasteiger partial charge in [0.05, 0.1) is 31.4 Å². The number of benzene rings is 2. The number of rotatable bonds is 0. The van der Waals surface area contributed by atoms with E-state index < -0.39 is 0 Å². The van der Waals surface area contributed by atoms with E-state index in [4.69, 9.17) is 0 Å². The summed E-state index contributed by atoms with van der Waals surface area (Å²) in [7, 11) is 4.57. The van der Waals surface area contributed by atoms with Crippen molar-refractivity contribution < 1.29 is 0 Å². The van der Waals surface area contributed by atoms with Gasteiger partial charge in [-0.15, -0.1) is 0 Å². The lowest BCUT2D eigenvalue weighted by Gasteiger charge is -2.34. The van der Waals surface area contributed by atoms with Gasteiger partial charge in [0, 0.05) is 11.1 Å². The van der Waals surface area contributed by atoms with Gasteiger partial charge in [-0.1, -0.05) is 36.4 Å². The highest BCUT2D eigenvalue weighted by Gasteiger charge is 2.34. The number of fused-ring (bicyclic) bond motifs is 4. The summed E-state index contributed by atoms with van der Waals surface area (Å²) < 4.78 is 0.847. The number of nitrogens with one attached hydrogen (secondary N) is 2. The lowest BCUT2D eigenvalue weighted by atomic mass is 9.89. The molecule has 2 aliphatic heterocycles. The zero-order chi connectivity index (χ0) is 15.3. The van der Waals surface area contributed by atoms with Gasteiger partial charge >= 0.3 is 0 Å². The van der Waals surface area contributed by atoms with Crippen LogP contribution in [-0.2, 0) is 6.54 Å². The Morgan fingerprint density at radius 3 is 2.45 bits per heavy atom. The second-order valence-electron chi connectivity index (χ2n) is 6.80. The van der Waals surface area contributed by atoms with Gasteiger partial charge in [-0.05, 0) is 24.6 Å². The average molecular weight is 292 g/mol. The van der Waals surface area contributed by atoms with Crippen LogP contribution < -0.4 is 15.3 Å². The van der Waals surface area contributed by atoms with E-state index in [1.54, 1.807) is 0 Å². The third-order valence-corrected chi connectivity index (χ3v) is 4.81. The van der Waals surface area contributed by atoms with Crippen molar-refractivity contribution in [2.75, 3.05) is 14.1 Å². The molecule has 0 spiro atoms. The van der Waals surface area contributed by atoms with Crippen molar-refractivity contribution in [1.29, 1.82) is 0 Å². The first kappa shape index (κ1) is 13.6. The first-order valence-corrected chi connectivity index (χ1v) is 7.85. The van der Waals surface area contributed by atoms with E-state index >= 15 is 0 Å². The zero-order valence-electron chi connectivity index (χ0n) is 13.4. The minimum Gasteiger partial charge on any atom is -0.320 e. The zero-order valence-corrected chi connectivity index (χ0v) is 13.4. The third-order valence-electron chi connectivity index (χ3n) is 4.81. The van der Waals surface area contributed by atoms with E-state index in [9.17, 15) is 0 Å². The topological polar surface area (TPSA) is 24.1 Å².